The first-order valence-electron chi connectivity index (χ1n) is 8.10. The molecule has 1 saturated heterocycles. The standard InChI is InChI=1S/C17H24N2O3/c1-18-14-3-2-8-19(12-14)17(20)7-5-13-4-6-15-16(11-13)22-10-9-21-15/h4,6,11,14,18H,2-3,5,7-10,12H2,1H3/t14-/m1/s1. The molecule has 0 aliphatic carbocycles. The molecule has 0 aromatic heterocycles. The predicted octanol–water partition coefficient (Wildman–Crippen LogP) is 1.60. The number of amides is 1. The lowest BCUT2D eigenvalue weighted by Crippen LogP contribution is -2.47. The number of aryl methyl sites for hydroxylation is 1. The third-order valence-corrected chi connectivity index (χ3v) is 4.42. The highest BCUT2D eigenvalue weighted by molar-refractivity contribution is 5.76. The number of nitrogens with one attached hydrogen (secondary N) is 1. The summed E-state index contributed by atoms with van der Waals surface area (Å²) in [5.74, 6) is 1.84. The van der Waals surface area contributed by atoms with E-state index < -0.39 is 0 Å². The number of hydrogen-bond acceptors (Lipinski definition) is 4. The average molecular weight is 304 g/mol. The molecular formula is C17H24N2O3. The third-order valence-electron chi connectivity index (χ3n) is 4.42. The van der Waals surface area contributed by atoms with Gasteiger partial charge in [-0.15, -0.1) is 0 Å². The lowest BCUT2D eigenvalue weighted by atomic mass is 10.0. The van der Waals surface area contributed by atoms with E-state index in [0.717, 1.165) is 49.4 Å². The van der Waals surface area contributed by atoms with Crippen LogP contribution >= 0.6 is 0 Å². The molecule has 22 heavy (non-hydrogen) atoms. The van der Waals surface area contributed by atoms with Gasteiger partial charge in [-0.1, -0.05) is 6.07 Å². The molecule has 1 fully saturated rings. The number of carbonyl (C=O) groups is 1. The number of rotatable bonds is 4. The van der Waals surface area contributed by atoms with Crippen LogP contribution in [0, 0.1) is 0 Å². The Labute approximate surface area is 131 Å². The molecular weight excluding hydrogens is 280 g/mol. The van der Waals surface area contributed by atoms with Crippen molar-refractivity contribution in [3.05, 3.63) is 23.8 Å². The highest BCUT2D eigenvalue weighted by Crippen LogP contribution is 2.31. The number of piperidine rings is 1. The number of likely N-dealkylation sites (N-methyl/N-ethyl adjacent to an activating group) is 1. The topological polar surface area (TPSA) is 50.8 Å². The summed E-state index contributed by atoms with van der Waals surface area (Å²) in [5, 5.41) is 3.27. The number of benzene rings is 1. The van der Waals surface area contributed by atoms with E-state index in [1.165, 1.54) is 0 Å². The minimum absolute atomic E-state index is 0.245. The zero-order chi connectivity index (χ0) is 15.4. The highest BCUT2D eigenvalue weighted by atomic mass is 16.6. The summed E-state index contributed by atoms with van der Waals surface area (Å²) in [5.41, 5.74) is 1.12. The van der Waals surface area contributed by atoms with Gasteiger partial charge in [0.05, 0.1) is 0 Å². The van der Waals surface area contributed by atoms with Crippen molar-refractivity contribution in [3.63, 3.8) is 0 Å². The first kappa shape index (κ1) is 15.2. The number of carbonyl (C=O) groups excluding carboxylic acids is 1. The Morgan fingerprint density at radius 1 is 1.32 bits per heavy atom. The predicted molar refractivity (Wildman–Crippen MR) is 84.4 cm³/mol. The van der Waals surface area contributed by atoms with E-state index in [0.29, 0.717) is 25.7 Å². The Hall–Kier alpha value is -1.75. The first-order chi connectivity index (χ1) is 10.8. The quantitative estimate of drug-likeness (QED) is 0.918. The molecule has 2 heterocycles. The van der Waals surface area contributed by atoms with Gasteiger partial charge in [0.2, 0.25) is 5.91 Å². The fourth-order valence-electron chi connectivity index (χ4n) is 3.09. The number of hydrogen-bond donors (Lipinski definition) is 1. The minimum Gasteiger partial charge on any atom is -0.486 e. The number of nitrogens with zero attached hydrogens (tertiary/aromatic N) is 1. The van der Waals surface area contributed by atoms with Crippen LogP contribution in [0.25, 0.3) is 0 Å². The summed E-state index contributed by atoms with van der Waals surface area (Å²) in [6.45, 7) is 2.91. The van der Waals surface area contributed by atoms with Crippen LogP contribution in [0.15, 0.2) is 18.2 Å². The van der Waals surface area contributed by atoms with Gasteiger partial charge in [0.1, 0.15) is 13.2 Å². The zero-order valence-electron chi connectivity index (χ0n) is 13.1. The number of likely N-dealkylation sites (tertiary alicyclic amines) is 1. The van der Waals surface area contributed by atoms with Crippen molar-refractivity contribution in [1.82, 2.24) is 10.2 Å². The number of ether oxygens (including phenoxy) is 2. The average Bonchev–Trinajstić information content (AvgIpc) is 2.59. The van der Waals surface area contributed by atoms with Crippen molar-refractivity contribution in [2.45, 2.75) is 31.7 Å². The van der Waals surface area contributed by atoms with Gasteiger partial charge in [-0.2, -0.15) is 0 Å². The second-order valence-corrected chi connectivity index (χ2v) is 5.95. The van der Waals surface area contributed by atoms with Gasteiger partial charge in [-0.25, -0.2) is 0 Å². The first-order valence-corrected chi connectivity index (χ1v) is 8.10. The van der Waals surface area contributed by atoms with Crippen molar-refractivity contribution >= 4 is 5.91 Å². The molecule has 5 nitrogen and oxygen atoms in total. The molecule has 0 unspecified atom stereocenters. The lowest BCUT2D eigenvalue weighted by Gasteiger charge is -2.32. The monoisotopic (exact) mass is 304 g/mol. The van der Waals surface area contributed by atoms with Crippen molar-refractivity contribution in [3.8, 4) is 11.5 Å². The largest absolute Gasteiger partial charge is 0.486 e. The molecule has 1 atom stereocenters. The summed E-state index contributed by atoms with van der Waals surface area (Å²) in [6.07, 6.45) is 3.54. The van der Waals surface area contributed by atoms with Gasteiger partial charge >= 0.3 is 0 Å². The second kappa shape index (κ2) is 7.01. The Morgan fingerprint density at radius 3 is 2.95 bits per heavy atom. The number of fused-ring (bicyclic) bond motifs is 1. The van der Waals surface area contributed by atoms with Gasteiger partial charge in [-0.3, -0.25) is 4.79 Å². The van der Waals surface area contributed by atoms with Crippen molar-refractivity contribution < 1.29 is 14.3 Å². The van der Waals surface area contributed by atoms with E-state index >= 15 is 0 Å². The summed E-state index contributed by atoms with van der Waals surface area (Å²) >= 11 is 0. The smallest absolute Gasteiger partial charge is 0.222 e. The molecule has 1 aromatic carbocycles. The summed E-state index contributed by atoms with van der Waals surface area (Å²) in [7, 11) is 1.97. The highest BCUT2D eigenvalue weighted by Gasteiger charge is 2.22. The Bertz CT molecular complexity index is 533. The Balaban J connectivity index is 1.54. The molecule has 5 heteroatoms. The van der Waals surface area contributed by atoms with Crippen LogP contribution in [-0.2, 0) is 11.2 Å². The van der Waals surface area contributed by atoms with Crippen LogP contribution in [0.5, 0.6) is 11.5 Å². The van der Waals surface area contributed by atoms with Gasteiger partial charge in [-0.05, 0) is 44.0 Å². The Morgan fingerprint density at radius 2 is 2.14 bits per heavy atom. The van der Waals surface area contributed by atoms with E-state index in [4.69, 9.17) is 9.47 Å². The zero-order valence-corrected chi connectivity index (χ0v) is 13.1. The van der Waals surface area contributed by atoms with Crippen LogP contribution in [-0.4, -0.2) is 50.2 Å². The van der Waals surface area contributed by atoms with Crippen LogP contribution in [0.2, 0.25) is 0 Å². The van der Waals surface area contributed by atoms with E-state index in [1.807, 2.05) is 30.1 Å². The van der Waals surface area contributed by atoms with Crippen molar-refractivity contribution in [1.29, 1.82) is 0 Å². The van der Waals surface area contributed by atoms with Crippen molar-refractivity contribution in [2.75, 3.05) is 33.4 Å². The fraction of sp³-hybridized carbons (Fsp3) is 0.588. The van der Waals surface area contributed by atoms with Crippen LogP contribution in [0.3, 0.4) is 0 Å². The summed E-state index contributed by atoms with van der Waals surface area (Å²) < 4.78 is 11.1. The molecule has 1 N–H and O–H groups in total. The molecule has 0 saturated carbocycles. The molecule has 1 aromatic rings. The summed E-state index contributed by atoms with van der Waals surface area (Å²) in [6, 6.07) is 6.39. The summed E-state index contributed by atoms with van der Waals surface area (Å²) in [4.78, 5) is 14.4. The molecule has 120 valence electrons. The van der Waals surface area contributed by atoms with Gasteiger partial charge in [0.25, 0.3) is 0 Å². The molecule has 2 aliphatic rings. The maximum Gasteiger partial charge on any atom is 0.222 e. The molecule has 0 spiro atoms. The minimum atomic E-state index is 0.245. The van der Waals surface area contributed by atoms with Crippen LogP contribution < -0.4 is 14.8 Å². The maximum atomic E-state index is 12.4. The maximum absolute atomic E-state index is 12.4. The van der Waals surface area contributed by atoms with Gasteiger partial charge in [0, 0.05) is 25.6 Å². The van der Waals surface area contributed by atoms with Gasteiger partial charge < -0.3 is 19.7 Å². The van der Waals surface area contributed by atoms with Gasteiger partial charge in [0.15, 0.2) is 11.5 Å². The SMILES string of the molecule is CN[C@@H]1CCCN(C(=O)CCc2ccc3c(c2)OCCO3)C1. The molecule has 3 rings (SSSR count). The Kier molecular flexibility index (Phi) is 4.83. The van der Waals surface area contributed by atoms with E-state index in [1.54, 1.807) is 0 Å². The fourth-order valence-corrected chi connectivity index (χ4v) is 3.09. The normalized spacial score (nSPS) is 20.8. The van der Waals surface area contributed by atoms with E-state index in [-0.39, 0.29) is 5.91 Å². The van der Waals surface area contributed by atoms with Crippen LogP contribution in [0.4, 0.5) is 0 Å². The second-order valence-electron chi connectivity index (χ2n) is 5.95. The van der Waals surface area contributed by atoms with Crippen LogP contribution in [0.1, 0.15) is 24.8 Å². The van der Waals surface area contributed by atoms with E-state index in [9.17, 15) is 4.79 Å². The molecule has 0 bridgehead atoms. The molecule has 0 radical (unpaired) electrons. The molecule has 1 amide bonds. The molecule has 2 aliphatic heterocycles. The third kappa shape index (κ3) is 3.53. The van der Waals surface area contributed by atoms with E-state index in [2.05, 4.69) is 5.32 Å². The van der Waals surface area contributed by atoms with Crippen molar-refractivity contribution in [2.24, 2.45) is 0 Å². The lowest BCUT2D eigenvalue weighted by molar-refractivity contribution is -0.132.